The molecule has 0 aliphatic rings. The van der Waals surface area contributed by atoms with Crippen LogP contribution in [0, 0.1) is 29.1 Å². The molecule has 0 unspecified atom stereocenters. The molecule has 0 aromatic heterocycles. The van der Waals surface area contributed by atoms with Crippen LogP contribution in [-0.2, 0) is 35.7 Å². The lowest BCUT2D eigenvalue weighted by Gasteiger charge is -2.09. The minimum atomic E-state index is -2.38. The van der Waals surface area contributed by atoms with E-state index in [0.717, 1.165) is 27.2 Å². The lowest BCUT2D eigenvalue weighted by Crippen LogP contribution is -2.20. The summed E-state index contributed by atoms with van der Waals surface area (Å²) in [5, 5.41) is 2.78. The number of carbonyl (C=O) groups excluding carboxylic acids is 2. The number of benzene rings is 3. The fraction of sp³-hybridized carbons (Fsp3) is 0.250. The molecule has 6 nitrogen and oxygen atoms in total. The summed E-state index contributed by atoms with van der Waals surface area (Å²) in [5.41, 5.74) is 1.90. The maximum atomic E-state index is 13.5. The van der Waals surface area contributed by atoms with Gasteiger partial charge in [-0.25, -0.2) is 22.8 Å². The Morgan fingerprint density at radius 3 is 1.83 bits per heavy atom. The van der Waals surface area contributed by atoms with Crippen LogP contribution < -0.4 is 4.74 Å². The van der Waals surface area contributed by atoms with E-state index in [1.54, 1.807) is 0 Å². The van der Waals surface area contributed by atoms with Gasteiger partial charge in [0.25, 0.3) is 0 Å². The van der Waals surface area contributed by atoms with Gasteiger partial charge >= 0.3 is 11.9 Å². The fourth-order valence-electron chi connectivity index (χ4n) is 2.97. The molecule has 0 saturated heterocycles. The van der Waals surface area contributed by atoms with Crippen molar-refractivity contribution < 1.29 is 50.5 Å². The molecular weight excluding hydrogens is 559 g/mol. The van der Waals surface area contributed by atoms with Gasteiger partial charge in [-0.3, -0.25) is 0 Å². The first-order chi connectivity index (χ1) is 17.2. The van der Waals surface area contributed by atoms with Gasteiger partial charge in [0.15, 0.2) is 0 Å². The van der Waals surface area contributed by atoms with Gasteiger partial charge in [0.1, 0.15) is 19.8 Å². The van der Waals surface area contributed by atoms with Crippen molar-refractivity contribution in [2.45, 2.75) is 11.9 Å². The van der Waals surface area contributed by atoms with Crippen molar-refractivity contribution in [3.05, 3.63) is 76.6 Å². The smallest absolute Gasteiger partial charge is 0.337 e. The predicted molar refractivity (Wildman–Crippen MR) is 120 cm³/mol. The number of hydrogen-bond acceptors (Lipinski definition) is 6. The summed E-state index contributed by atoms with van der Waals surface area (Å²) in [6.45, 7) is -1.63. The van der Waals surface area contributed by atoms with Gasteiger partial charge in [-0.2, -0.15) is 8.78 Å². The van der Waals surface area contributed by atoms with E-state index in [1.165, 1.54) is 0 Å². The van der Waals surface area contributed by atoms with Crippen LogP contribution in [-0.4, -0.2) is 38.4 Å². The van der Waals surface area contributed by atoms with Crippen molar-refractivity contribution in [3.63, 3.8) is 0 Å². The number of hydrogen-bond donors (Lipinski definition) is 0. The van der Waals surface area contributed by atoms with Gasteiger partial charge in [0.2, 0.25) is 34.8 Å². The number of carbonyl (C=O) groups is 2. The monoisotopic (exact) mass is 576 g/mol. The molecule has 0 heterocycles. The van der Waals surface area contributed by atoms with E-state index in [-0.39, 0.29) is 19.8 Å². The molecule has 0 bridgehead atoms. The summed E-state index contributed by atoms with van der Waals surface area (Å²) in [5.74, 6) is -15.2. The average molecular weight is 577 g/mol. The third-order valence-corrected chi connectivity index (χ3v) is 5.37. The Morgan fingerprint density at radius 1 is 0.694 bits per heavy atom. The Balaban J connectivity index is 1.34. The summed E-state index contributed by atoms with van der Waals surface area (Å²) in [6.07, 6.45) is 0. The van der Waals surface area contributed by atoms with Crippen LogP contribution in [0.5, 0.6) is 5.75 Å². The van der Waals surface area contributed by atoms with Crippen LogP contribution in [0.4, 0.5) is 22.0 Å². The molecule has 0 aliphatic carbocycles. The molecule has 0 aliphatic heterocycles. The van der Waals surface area contributed by atoms with Crippen LogP contribution in [0.2, 0.25) is 0 Å². The van der Waals surface area contributed by atoms with Crippen LogP contribution >= 0.6 is 15.9 Å². The molecule has 192 valence electrons. The zero-order chi connectivity index (χ0) is 26.2. The second-order valence-electron chi connectivity index (χ2n) is 7.29. The maximum Gasteiger partial charge on any atom is 0.337 e. The molecule has 0 amide bonds. The number of fused-ring (bicyclic) bond motifs is 1. The molecule has 3 aromatic carbocycles. The Hall–Kier alpha value is -3.09. The highest BCUT2D eigenvalue weighted by atomic mass is 79.9. The first kappa shape index (κ1) is 27.5. The fourth-order valence-corrected chi connectivity index (χ4v) is 3.32. The SMILES string of the molecule is O=C(COCCOCC(=O)Oc1c(F)c(F)c(F)c(F)c1F)OCc1ccc2ccc(CBr)cc2c1. The third kappa shape index (κ3) is 6.99. The van der Waals surface area contributed by atoms with E-state index in [1.807, 2.05) is 36.4 Å². The molecule has 3 aromatic rings. The van der Waals surface area contributed by atoms with E-state index in [0.29, 0.717) is 0 Å². The predicted octanol–water partition coefficient (Wildman–Crippen LogP) is 5.11. The molecular formula is C24H18BrF5O6. The van der Waals surface area contributed by atoms with E-state index in [9.17, 15) is 31.5 Å². The highest BCUT2D eigenvalue weighted by Gasteiger charge is 2.28. The molecule has 0 fully saturated rings. The van der Waals surface area contributed by atoms with Gasteiger partial charge in [-0.1, -0.05) is 46.3 Å². The molecule has 0 atom stereocenters. The van der Waals surface area contributed by atoms with Crippen molar-refractivity contribution in [3.8, 4) is 5.75 Å². The molecule has 3 rings (SSSR count). The van der Waals surface area contributed by atoms with Crippen molar-refractivity contribution in [1.82, 2.24) is 0 Å². The van der Waals surface area contributed by atoms with Crippen molar-refractivity contribution in [2.24, 2.45) is 0 Å². The largest absolute Gasteiger partial charge is 0.459 e. The Labute approximate surface area is 210 Å². The normalized spacial score (nSPS) is 11.1. The summed E-state index contributed by atoms with van der Waals surface area (Å²) >= 11 is 3.40. The van der Waals surface area contributed by atoms with Crippen LogP contribution in [0.25, 0.3) is 10.8 Å². The highest BCUT2D eigenvalue weighted by molar-refractivity contribution is 9.08. The Morgan fingerprint density at radius 2 is 1.22 bits per heavy atom. The van der Waals surface area contributed by atoms with Gasteiger partial charge in [-0.05, 0) is 28.0 Å². The summed E-state index contributed by atoms with van der Waals surface area (Å²) in [7, 11) is 0. The standard InChI is InChI=1S/C24H18BrF5O6/c25-9-13-1-3-15-4-2-14(8-16(15)7-13)10-35-17(31)11-33-5-6-34-12-18(32)36-24-22(29)20(27)19(26)21(28)23(24)30/h1-4,7-8H,5-6,9-12H2. The Kier molecular flexibility index (Phi) is 9.73. The van der Waals surface area contributed by atoms with Gasteiger partial charge < -0.3 is 18.9 Å². The van der Waals surface area contributed by atoms with Crippen molar-refractivity contribution >= 4 is 38.6 Å². The number of ether oxygens (including phenoxy) is 4. The van der Waals surface area contributed by atoms with E-state index >= 15 is 0 Å². The third-order valence-electron chi connectivity index (χ3n) is 4.72. The lowest BCUT2D eigenvalue weighted by atomic mass is 10.1. The summed E-state index contributed by atoms with van der Waals surface area (Å²) in [4.78, 5) is 23.4. The number of rotatable bonds is 11. The number of halogens is 6. The van der Waals surface area contributed by atoms with Crippen LogP contribution in [0.15, 0.2) is 36.4 Å². The van der Waals surface area contributed by atoms with E-state index in [4.69, 9.17) is 14.2 Å². The molecule has 0 N–H and O–H groups in total. The molecule has 36 heavy (non-hydrogen) atoms. The zero-order valence-electron chi connectivity index (χ0n) is 18.4. The molecule has 0 saturated carbocycles. The summed E-state index contributed by atoms with van der Waals surface area (Å²) < 4.78 is 85.4. The first-order valence-electron chi connectivity index (χ1n) is 10.3. The first-order valence-corrected chi connectivity index (χ1v) is 11.4. The van der Waals surface area contributed by atoms with Crippen LogP contribution in [0.1, 0.15) is 11.1 Å². The molecule has 12 heteroatoms. The molecule has 0 spiro atoms. The number of esters is 2. The van der Waals surface area contributed by atoms with Crippen LogP contribution in [0.3, 0.4) is 0 Å². The quantitative estimate of drug-likeness (QED) is 0.0600. The summed E-state index contributed by atoms with van der Waals surface area (Å²) in [6, 6.07) is 11.7. The van der Waals surface area contributed by atoms with E-state index in [2.05, 4.69) is 20.7 Å². The van der Waals surface area contributed by atoms with Gasteiger partial charge in [0, 0.05) is 5.33 Å². The van der Waals surface area contributed by atoms with Crippen molar-refractivity contribution in [2.75, 3.05) is 26.4 Å². The Bertz CT molecular complexity index is 1240. The second-order valence-corrected chi connectivity index (χ2v) is 7.85. The van der Waals surface area contributed by atoms with Gasteiger partial charge in [-0.15, -0.1) is 0 Å². The highest BCUT2D eigenvalue weighted by Crippen LogP contribution is 2.29. The average Bonchev–Trinajstić information content (AvgIpc) is 2.89. The minimum Gasteiger partial charge on any atom is -0.459 e. The molecule has 0 radical (unpaired) electrons. The maximum absolute atomic E-state index is 13.5. The lowest BCUT2D eigenvalue weighted by molar-refractivity contribution is -0.151. The van der Waals surface area contributed by atoms with Gasteiger partial charge in [0.05, 0.1) is 13.2 Å². The minimum absolute atomic E-state index is 0.0384. The second kappa shape index (κ2) is 12.7. The topological polar surface area (TPSA) is 71.1 Å². The van der Waals surface area contributed by atoms with E-state index < -0.39 is 60.0 Å². The number of alkyl halides is 1. The zero-order valence-corrected chi connectivity index (χ0v) is 20.0. The van der Waals surface area contributed by atoms with Crippen molar-refractivity contribution in [1.29, 1.82) is 0 Å².